The summed E-state index contributed by atoms with van der Waals surface area (Å²) < 4.78 is 42.1. The predicted octanol–water partition coefficient (Wildman–Crippen LogP) is 2.36. The van der Waals surface area contributed by atoms with Crippen molar-refractivity contribution in [2.45, 2.75) is 18.6 Å². The molecule has 1 aromatic carbocycles. The van der Waals surface area contributed by atoms with Crippen LogP contribution in [0.2, 0.25) is 0 Å². The van der Waals surface area contributed by atoms with Crippen molar-refractivity contribution in [1.82, 2.24) is 25.0 Å². The van der Waals surface area contributed by atoms with E-state index >= 15 is 0 Å². The van der Waals surface area contributed by atoms with Crippen LogP contribution in [0.4, 0.5) is 24.5 Å². The van der Waals surface area contributed by atoms with Crippen molar-refractivity contribution in [3.05, 3.63) is 42.5 Å². The van der Waals surface area contributed by atoms with Gasteiger partial charge in [-0.1, -0.05) is 12.1 Å². The zero-order chi connectivity index (χ0) is 19.9. The zero-order valence-electron chi connectivity index (χ0n) is 14.7. The zero-order valence-corrected chi connectivity index (χ0v) is 14.7. The molecule has 1 aliphatic rings. The number of aromatic amines is 1. The summed E-state index contributed by atoms with van der Waals surface area (Å²) in [7, 11) is 1.63. The first-order valence-corrected chi connectivity index (χ1v) is 8.43. The molecule has 8 nitrogen and oxygen atoms in total. The van der Waals surface area contributed by atoms with Crippen LogP contribution in [-0.4, -0.2) is 43.1 Å². The highest BCUT2D eigenvalue weighted by Gasteiger charge is 2.50. The van der Waals surface area contributed by atoms with Crippen LogP contribution in [-0.2, 0) is 18.3 Å². The second-order valence-corrected chi connectivity index (χ2v) is 6.51. The molecule has 0 spiro atoms. The number of hydrogen-bond donors (Lipinski definition) is 3. The summed E-state index contributed by atoms with van der Waals surface area (Å²) in [5.41, 5.74) is 1.87. The van der Waals surface area contributed by atoms with Crippen LogP contribution in [0, 0.1) is 5.92 Å². The van der Waals surface area contributed by atoms with Gasteiger partial charge in [0.15, 0.2) is 5.82 Å². The Morgan fingerprint density at radius 2 is 2.18 bits per heavy atom. The number of carbonyl (C=O) groups is 1. The van der Waals surface area contributed by atoms with E-state index in [1.807, 2.05) is 0 Å². The maximum atomic E-state index is 13.6. The molecule has 2 atom stereocenters. The first kappa shape index (κ1) is 18.0. The van der Waals surface area contributed by atoms with Crippen LogP contribution in [0.3, 0.4) is 0 Å². The average Bonchev–Trinajstić information content (AvgIpc) is 3.31. The topological polar surface area (TPSA) is 101 Å². The van der Waals surface area contributed by atoms with Gasteiger partial charge >= 0.3 is 6.18 Å². The number of carbonyl (C=O) groups excluding carboxylic acids is 1. The largest absolute Gasteiger partial charge is 0.409 e. The molecule has 3 N–H and O–H groups in total. The van der Waals surface area contributed by atoms with Gasteiger partial charge in [-0.25, -0.2) is 4.98 Å². The highest BCUT2D eigenvalue weighted by molar-refractivity contribution is 5.94. The summed E-state index contributed by atoms with van der Waals surface area (Å²) >= 11 is 0. The number of amides is 1. The molecule has 1 amide bonds. The Morgan fingerprint density at radius 1 is 1.36 bits per heavy atom. The van der Waals surface area contributed by atoms with Gasteiger partial charge in [-0.2, -0.15) is 23.4 Å². The minimum Gasteiger partial charge on any atom is -0.371 e. The Kier molecular flexibility index (Phi) is 4.28. The summed E-state index contributed by atoms with van der Waals surface area (Å²) in [6, 6.07) is 4.65. The van der Waals surface area contributed by atoms with E-state index in [2.05, 4.69) is 30.9 Å². The summed E-state index contributed by atoms with van der Waals surface area (Å²) in [6.07, 6.45) is -1.98. The van der Waals surface area contributed by atoms with Crippen molar-refractivity contribution in [3.63, 3.8) is 0 Å². The molecule has 0 fully saturated rings. The predicted molar refractivity (Wildman–Crippen MR) is 94.3 cm³/mol. The number of fused-ring (bicyclic) bond motifs is 1. The lowest BCUT2D eigenvalue weighted by Crippen LogP contribution is -2.50. The first-order chi connectivity index (χ1) is 13.3. The maximum Gasteiger partial charge on any atom is 0.409 e. The lowest BCUT2D eigenvalue weighted by Gasteiger charge is -2.33. The molecular weight excluding hydrogens is 375 g/mol. The fraction of sp³-hybridized carbons (Fsp3) is 0.294. The lowest BCUT2D eigenvalue weighted by atomic mass is 9.88. The summed E-state index contributed by atoms with van der Waals surface area (Å²) in [5, 5.41) is 15.4. The number of nitrogens with one attached hydrogen (secondary N) is 3. The fourth-order valence-electron chi connectivity index (χ4n) is 3.30. The molecule has 11 heteroatoms. The van der Waals surface area contributed by atoms with Gasteiger partial charge in [-0.15, -0.1) is 0 Å². The van der Waals surface area contributed by atoms with E-state index in [0.29, 0.717) is 28.5 Å². The van der Waals surface area contributed by atoms with Crippen LogP contribution in [0.15, 0.2) is 36.8 Å². The number of H-pyrrole nitrogens is 1. The number of benzene rings is 1. The SMILES string of the molecule is Cn1ncc2c1CC(C(=O)Nc1cccc(-c3ncn[nH]3)c1)C(C(F)(F)F)N2. The van der Waals surface area contributed by atoms with E-state index < -0.39 is 24.0 Å². The Bertz CT molecular complexity index is 997. The number of hydrogen-bond acceptors (Lipinski definition) is 5. The summed E-state index contributed by atoms with van der Waals surface area (Å²) in [6.45, 7) is 0. The number of aromatic nitrogens is 5. The third kappa shape index (κ3) is 3.30. The molecule has 0 saturated heterocycles. The normalized spacial score (nSPS) is 19.0. The molecule has 0 aliphatic carbocycles. The second-order valence-electron chi connectivity index (χ2n) is 6.51. The first-order valence-electron chi connectivity index (χ1n) is 8.43. The monoisotopic (exact) mass is 391 g/mol. The Labute approximate surface area is 157 Å². The summed E-state index contributed by atoms with van der Waals surface area (Å²) in [4.78, 5) is 16.8. The van der Waals surface area contributed by atoms with Gasteiger partial charge in [0.05, 0.1) is 23.5 Å². The van der Waals surface area contributed by atoms with Crippen molar-refractivity contribution < 1.29 is 18.0 Å². The van der Waals surface area contributed by atoms with Crippen molar-refractivity contribution >= 4 is 17.3 Å². The van der Waals surface area contributed by atoms with E-state index in [1.54, 1.807) is 31.3 Å². The third-order valence-corrected chi connectivity index (χ3v) is 4.70. The third-order valence-electron chi connectivity index (χ3n) is 4.70. The molecule has 1 aliphatic heterocycles. The van der Waals surface area contributed by atoms with Gasteiger partial charge < -0.3 is 10.6 Å². The number of nitrogens with zero attached hydrogens (tertiary/aromatic N) is 4. The lowest BCUT2D eigenvalue weighted by molar-refractivity contribution is -0.160. The maximum absolute atomic E-state index is 13.6. The van der Waals surface area contributed by atoms with Crippen LogP contribution in [0.25, 0.3) is 11.4 Å². The number of anilines is 2. The average molecular weight is 391 g/mol. The standard InChI is InChI=1S/C17H16F3N7O/c1-27-13-6-11(14(17(18,19)20)25-12(13)7-23-27)16(28)24-10-4-2-3-9(5-10)15-21-8-22-26-15/h2-5,7-8,11,14,25H,6H2,1H3,(H,24,28)(H,21,22,26). The minimum absolute atomic E-state index is 0.0728. The van der Waals surface area contributed by atoms with E-state index in [0.717, 1.165) is 0 Å². The van der Waals surface area contributed by atoms with E-state index in [4.69, 9.17) is 0 Å². The number of aryl methyl sites for hydroxylation is 1. The van der Waals surface area contributed by atoms with Gasteiger partial charge in [-0.3, -0.25) is 14.6 Å². The molecule has 2 aromatic heterocycles. The van der Waals surface area contributed by atoms with Crippen molar-refractivity contribution in [2.24, 2.45) is 13.0 Å². The van der Waals surface area contributed by atoms with Crippen molar-refractivity contribution in [2.75, 3.05) is 10.6 Å². The molecule has 146 valence electrons. The quantitative estimate of drug-likeness (QED) is 0.636. The van der Waals surface area contributed by atoms with Gasteiger partial charge in [0.25, 0.3) is 0 Å². The Morgan fingerprint density at radius 3 is 2.89 bits per heavy atom. The molecule has 3 heterocycles. The van der Waals surface area contributed by atoms with Gasteiger partial charge in [-0.05, 0) is 12.1 Å². The highest BCUT2D eigenvalue weighted by atomic mass is 19.4. The van der Waals surface area contributed by atoms with Gasteiger partial charge in [0.2, 0.25) is 5.91 Å². The van der Waals surface area contributed by atoms with Crippen LogP contribution < -0.4 is 10.6 Å². The van der Waals surface area contributed by atoms with Crippen LogP contribution >= 0.6 is 0 Å². The molecule has 3 aromatic rings. The second kappa shape index (κ2) is 6.66. The molecule has 0 bridgehead atoms. The molecule has 28 heavy (non-hydrogen) atoms. The van der Waals surface area contributed by atoms with Crippen LogP contribution in [0.5, 0.6) is 0 Å². The molecule has 4 rings (SSSR count). The Balaban J connectivity index is 1.59. The molecule has 2 unspecified atom stereocenters. The van der Waals surface area contributed by atoms with Gasteiger partial charge in [0.1, 0.15) is 12.4 Å². The highest BCUT2D eigenvalue weighted by Crippen LogP contribution is 2.37. The van der Waals surface area contributed by atoms with E-state index in [9.17, 15) is 18.0 Å². The van der Waals surface area contributed by atoms with E-state index in [1.165, 1.54) is 17.2 Å². The van der Waals surface area contributed by atoms with Crippen LogP contribution in [0.1, 0.15) is 5.69 Å². The number of halogens is 3. The fourth-order valence-corrected chi connectivity index (χ4v) is 3.30. The molecule has 0 radical (unpaired) electrons. The smallest absolute Gasteiger partial charge is 0.371 e. The number of alkyl halides is 3. The molecule has 0 saturated carbocycles. The van der Waals surface area contributed by atoms with Crippen molar-refractivity contribution in [1.29, 1.82) is 0 Å². The number of rotatable bonds is 3. The Hall–Kier alpha value is -3.37. The minimum atomic E-state index is -4.59. The summed E-state index contributed by atoms with van der Waals surface area (Å²) in [5.74, 6) is -1.57. The van der Waals surface area contributed by atoms with Gasteiger partial charge in [0, 0.05) is 24.7 Å². The molecular formula is C17H16F3N7O. The van der Waals surface area contributed by atoms with E-state index in [-0.39, 0.29) is 6.42 Å². The van der Waals surface area contributed by atoms with Crippen molar-refractivity contribution in [3.8, 4) is 11.4 Å².